The molecule has 0 saturated carbocycles. The Kier molecular flexibility index (Phi) is 7.95. The average molecular weight is 250 g/mol. The molecule has 0 aliphatic rings. The van der Waals surface area contributed by atoms with Crippen molar-refractivity contribution in [2.45, 2.75) is 51.8 Å². The van der Waals surface area contributed by atoms with Gasteiger partial charge < -0.3 is 19.3 Å². The average Bonchev–Trinajstić information content (AvgIpc) is 2.24. The van der Waals surface area contributed by atoms with E-state index in [2.05, 4.69) is 0 Å². The van der Waals surface area contributed by atoms with Crippen molar-refractivity contribution < 1.29 is 23.7 Å². The molecular formula is C11H24BFO4. The van der Waals surface area contributed by atoms with E-state index in [-0.39, 0.29) is 32.0 Å². The molecule has 0 unspecified atom stereocenters. The highest BCUT2D eigenvalue weighted by atomic mass is 19.2. The Labute approximate surface area is 104 Å². The SMILES string of the molecule is B[C@@H](CO)OC(F)(COC(C)C)COC(C)C. The van der Waals surface area contributed by atoms with Gasteiger partial charge in [-0.15, -0.1) is 0 Å². The number of aliphatic hydroxyl groups is 1. The highest BCUT2D eigenvalue weighted by Crippen LogP contribution is 2.18. The minimum atomic E-state index is -2.02. The number of aliphatic hydroxyl groups excluding tert-OH is 1. The number of rotatable bonds is 9. The Hall–Kier alpha value is -0.165. The summed E-state index contributed by atoms with van der Waals surface area (Å²) >= 11 is 0. The summed E-state index contributed by atoms with van der Waals surface area (Å²) < 4.78 is 29.9. The molecule has 0 spiro atoms. The third kappa shape index (κ3) is 8.54. The normalized spacial score (nSPS) is 14.6. The zero-order valence-electron chi connectivity index (χ0n) is 11.4. The van der Waals surface area contributed by atoms with Crippen molar-refractivity contribution in [3.05, 3.63) is 0 Å². The molecule has 1 atom stereocenters. The molecule has 0 aliphatic carbocycles. The highest BCUT2D eigenvalue weighted by molar-refractivity contribution is 6.11. The Morgan fingerprint density at radius 3 is 1.82 bits per heavy atom. The van der Waals surface area contributed by atoms with Gasteiger partial charge in [-0.2, -0.15) is 0 Å². The van der Waals surface area contributed by atoms with E-state index >= 15 is 0 Å². The van der Waals surface area contributed by atoms with E-state index in [0.717, 1.165) is 0 Å². The van der Waals surface area contributed by atoms with Crippen LogP contribution in [0.1, 0.15) is 27.7 Å². The highest BCUT2D eigenvalue weighted by Gasteiger charge is 2.34. The summed E-state index contributed by atoms with van der Waals surface area (Å²) in [4.78, 5) is 0. The molecule has 0 fully saturated rings. The van der Waals surface area contributed by atoms with E-state index in [1.54, 1.807) is 7.85 Å². The van der Waals surface area contributed by atoms with Gasteiger partial charge in [-0.1, -0.05) is 0 Å². The van der Waals surface area contributed by atoms with Gasteiger partial charge in [0.05, 0.1) is 24.8 Å². The molecule has 1 N–H and O–H groups in total. The van der Waals surface area contributed by atoms with Crippen LogP contribution in [0.5, 0.6) is 0 Å². The fraction of sp³-hybridized carbons (Fsp3) is 1.00. The van der Waals surface area contributed by atoms with Crippen LogP contribution in [-0.2, 0) is 14.2 Å². The predicted octanol–water partition coefficient (Wildman–Crippen LogP) is 0.470. The quantitative estimate of drug-likeness (QED) is 0.604. The second-order valence-corrected chi connectivity index (χ2v) is 4.71. The van der Waals surface area contributed by atoms with E-state index in [0.29, 0.717) is 0 Å². The van der Waals surface area contributed by atoms with Crippen LogP contribution in [0.4, 0.5) is 4.39 Å². The Balaban J connectivity index is 4.33. The van der Waals surface area contributed by atoms with Gasteiger partial charge in [0.25, 0.3) is 5.85 Å². The summed E-state index contributed by atoms with van der Waals surface area (Å²) in [5.74, 6) is -2.02. The van der Waals surface area contributed by atoms with E-state index in [9.17, 15) is 4.39 Å². The van der Waals surface area contributed by atoms with Gasteiger partial charge in [0.2, 0.25) is 0 Å². The maximum Gasteiger partial charge on any atom is 0.255 e. The summed E-state index contributed by atoms with van der Waals surface area (Å²) in [6.07, 6.45) is -0.172. The molecule has 0 aromatic rings. The Bertz CT molecular complexity index is 190. The summed E-state index contributed by atoms with van der Waals surface area (Å²) in [7, 11) is 1.60. The molecule has 102 valence electrons. The second kappa shape index (κ2) is 8.03. The van der Waals surface area contributed by atoms with Gasteiger partial charge in [-0.05, 0) is 27.7 Å². The number of ether oxygens (including phenoxy) is 3. The molecule has 0 radical (unpaired) electrons. The van der Waals surface area contributed by atoms with E-state index in [1.165, 1.54) is 0 Å². The first kappa shape index (κ1) is 16.8. The smallest absolute Gasteiger partial charge is 0.255 e. The van der Waals surface area contributed by atoms with Gasteiger partial charge in [0.15, 0.2) is 0 Å². The molecule has 0 aromatic heterocycles. The maximum absolute atomic E-state index is 14.4. The van der Waals surface area contributed by atoms with E-state index in [1.807, 2.05) is 27.7 Å². The van der Waals surface area contributed by atoms with Crippen LogP contribution < -0.4 is 0 Å². The van der Waals surface area contributed by atoms with Crippen molar-refractivity contribution in [3.63, 3.8) is 0 Å². The van der Waals surface area contributed by atoms with Crippen molar-refractivity contribution in [3.8, 4) is 0 Å². The van der Waals surface area contributed by atoms with Crippen LogP contribution in [0.3, 0.4) is 0 Å². The van der Waals surface area contributed by atoms with Crippen LogP contribution in [-0.4, -0.2) is 56.8 Å². The van der Waals surface area contributed by atoms with Crippen LogP contribution in [0.15, 0.2) is 0 Å². The van der Waals surface area contributed by atoms with Crippen LogP contribution in [0, 0.1) is 0 Å². The predicted molar refractivity (Wildman–Crippen MR) is 66.5 cm³/mol. The van der Waals surface area contributed by atoms with E-state index in [4.69, 9.17) is 19.3 Å². The van der Waals surface area contributed by atoms with Crippen LogP contribution in [0.2, 0.25) is 0 Å². The topological polar surface area (TPSA) is 47.9 Å². The largest absolute Gasteiger partial charge is 0.394 e. The van der Waals surface area contributed by atoms with E-state index < -0.39 is 11.9 Å². The molecule has 0 aliphatic heterocycles. The zero-order valence-corrected chi connectivity index (χ0v) is 11.4. The van der Waals surface area contributed by atoms with Gasteiger partial charge >= 0.3 is 0 Å². The maximum atomic E-state index is 14.4. The third-order valence-corrected chi connectivity index (χ3v) is 1.93. The summed E-state index contributed by atoms with van der Waals surface area (Å²) in [5, 5.41) is 8.88. The summed E-state index contributed by atoms with van der Waals surface area (Å²) in [6.45, 7) is 6.62. The molecule has 0 aromatic carbocycles. The van der Waals surface area contributed by atoms with Gasteiger partial charge in [-0.3, -0.25) is 0 Å². The lowest BCUT2D eigenvalue weighted by Crippen LogP contribution is -2.43. The molecule has 4 nitrogen and oxygen atoms in total. The number of halogens is 1. The molecule has 17 heavy (non-hydrogen) atoms. The van der Waals surface area contributed by atoms with Crippen LogP contribution >= 0.6 is 0 Å². The van der Waals surface area contributed by atoms with Crippen molar-refractivity contribution in [2.24, 2.45) is 0 Å². The lowest BCUT2D eigenvalue weighted by Gasteiger charge is -2.29. The number of alkyl halides is 1. The first-order chi connectivity index (χ1) is 7.79. The van der Waals surface area contributed by atoms with Crippen molar-refractivity contribution in [1.82, 2.24) is 0 Å². The molecule has 6 heteroatoms. The second-order valence-electron chi connectivity index (χ2n) is 4.71. The fourth-order valence-corrected chi connectivity index (χ4v) is 1.09. The Morgan fingerprint density at radius 2 is 1.53 bits per heavy atom. The minimum absolute atomic E-state index is 0.0859. The van der Waals surface area contributed by atoms with Crippen molar-refractivity contribution >= 4 is 7.85 Å². The standard InChI is InChI=1S/C11H24BFO4/c1-8(2)15-6-11(13,7-16-9(3)4)17-10(12)5-14/h8-10,14H,5-7,12H2,1-4H3/t10-/m1/s1. The zero-order chi connectivity index (χ0) is 13.5. The van der Waals surface area contributed by atoms with Gasteiger partial charge in [0.1, 0.15) is 21.1 Å². The number of hydrogen-bond donors (Lipinski definition) is 1. The molecule has 0 amide bonds. The first-order valence-corrected chi connectivity index (χ1v) is 6.00. The number of hydrogen-bond acceptors (Lipinski definition) is 4. The lowest BCUT2D eigenvalue weighted by molar-refractivity contribution is -0.232. The molecular weight excluding hydrogens is 226 g/mol. The summed E-state index contributed by atoms with van der Waals surface area (Å²) in [6, 6.07) is -0.591. The van der Waals surface area contributed by atoms with Crippen molar-refractivity contribution in [1.29, 1.82) is 0 Å². The first-order valence-electron chi connectivity index (χ1n) is 6.00. The van der Waals surface area contributed by atoms with Crippen molar-refractivity contribution in [2.75, 3.05) is 19.8 Å². The molecule has 0 saturated heterocycles. The third-order valence-electron chi connectivity index (χ3n) is 1.93. The Morgan fingerprint density at radius 1 is 1.12 bits per heavy atom. The fourth-order valence-electron chi connectivity index (χ4n) is 1.09. The molecule has 0 bridgehead atoms. The minimum Gasteiger partial charge on any atom is -0.394 e. The molecule has 0 heterocycles. The monoisotopic (exact) mass is 250 g/mol. The molecule has 0 rings (SSSR count). The van der Waals surface area contributed by atoms with Gasteiger partial charge in [-0.25, -0.2) is 4.39 Å². The lowest BCUT2D eigenvalue weighted by atomic mass is 10.0. The van der Waals surface area contributed by atoms with Crippen LogP contribution in [0.25, 0.3) is 0 Å². The van der Waals surface area contributed by atoms with Gasteiger partial charge in [0, 0.05) is 0 Å². The summed E-state index contributed by atoms with van der Waals surface area (Å²) in [5.41, 5.74) is 0.